The van der Waals surface area contributed by atoms with E-state index in [-0.39, 0.29) is 50.7 Å². The first-order valence-corrected chi connectivity index (χ1v) is 14.5. The van der Waals surface area contributed by atoms with Crippen LogP contribution in [0.25, 0.3) is 0 Å². The standard InChI is InChI=1S/C34H50N4.2BrH.Co/c1-24(2)29-14-11-15-30(25(3)4)33(29)36-19-21-38(23-28-13-9-10-18-35-28)22-20-37-34-31(26(5)6)16-12-17-32(34)27(7)8;;;/h9-18,24-27,36-37H,19-23H2,1-8H3;2*1H;/q;;;+2/p-2. The van der Waals surface area contributed by atoms with E-state index in [0.29, 0.717) is 23.7 Å². The SMILES string of the molecule is CC(C)c1cccc(C(C)C)c1NCCN(CCNc1c(C(C)C)cccc1C(C)C)Cc1ccccn1.[Br-].[Br-].[Co+2]. The Bertz CT molecular complexity index is 1010. The summed E-state index contributed by atoms with van der Waals surface area (Å²) in [5, 5.41) is 7.67. The maximum Gasteiger partial charge on any atom is 2.00 e. The van der Waals surface area contributed by atoms with Crippen molar-refractivity contribution in [3.8, 4) is 0 Å². The van der Waals surface area contributed by atoms with E-state index in [1.54, 1.807) is 0 Å². The van der Waals surface area contributed by atoms with Crippen LogP contribution in [0.15, 0.2) is 60.8 Å². The van der Waals surface area contributed by atoms with Gasteiger partial charge in [-0.25, -0.2) is 0 Å². The van der Waals surface area contributed by atoms with E-state index in [9.17, 15) is 0 Å². The molecule has 3 aromatic rings. The van der Waals surface area contributed by atoms with Crippen LogP contribution < -0.4 is 44.6 Å². The largest absolute Gasteiger partial charge is 2.00 e. The van der Waals surface area contributed by atoms with Crippen LogP contribution in [-0.2, 0) is 23.3 Å². The van der Waals surface area contributed by atoms with E-state index in [0.717, 1.165) is 38.4 Å². The van der Waals surface area contributed by atoms with Crippen molar-refractivity contribution in [3.05, 3.63) is 88.7 Å². The number of anilines is 2. The minimum Gasteiger partial charge on any atom is -1.00 e. The van der Waals surface area contributed by atoms with Gasteiger partial charge in [0, 0.05) is 50.3 Å². The number of nitrogens with one attached hydrogen (secondary N) is 2. The monoisotopic (exact) mass is 731 g/mol. The molecule has 4 nitrogen and oxygen atoms in total. The number of rotatable bonds is 14. The minimum atomic E-state index is 0. The molecule has 0 saturated carbocycles. The zero-order valence-electron chi connectivity index (χ0n) is 26.1. The smallest absolute Gasteiger partial charge is 1.00 e. The van der Waals surface area contributed by atoms with E-state index in [1.807, 2.05) is 12.3 Å². The molecule has 1 heterocycles. The van der Waals surface area contributed by atoms with E-state index < -0.39 is 0 Å². The zero-order chi connectivity index (χ0) is 27.7. The van der Waals surface area contributed by atoms with Gasteiger partial charge in [-0.15, -0.1) is 0 Å². The number of halogens is 2. The molecule has 3 rings (SSSR count). The molecule has 0 amide bonds. The normalized spacial score (nSPS) is 11.0. The van der Waals surface area contributed by atoms with Crippen molar-refractivity contribution < 1.29 is 50.7 Å². The van der Waals surface area contributed by atoms with Crippen LogP contribution in [0.2, 0.25) is 0 Å². The summed E-state index contributed by atoms with van der Waals surface area (Å²) in [6.07, 6.45) is 1.89. The zero-order valence-corrected chi connectivity index (χ0v) is 30.3. The van der Waals surface area contributed by atoms with Crippen LogP contribution in [0.1, 0.15) is 107 Å². The molecule has 0 fully saturated rings. The summed E-state index contributed by atoms with van der Waals surface area (Å²) in [5.41, 5.74) is 9.37. The molecule has 1 radical (unpaired) electrons. The van der Waals surface area contributed by atoms with Crippen LogP contribution in [0.4, 0.5) is 11.4 Å². The number of nitrogens with zero attached hydrogens (tertiary/aromatic N) is 2. The summed E-state index contributed by atoms with van der Waals surface area (Å²) in [7, 11) is 0. The fourth-order valence-electron chi connectivity index (χ4n) is 5.18. The van der Waals surface area contributed by atoms with E-state index in [4.69, 9.17) is 0 Å². The molecule has 7 heteroatoms. The summed E-state index contributed by atoms with van der Waals surface area (Å²) in [5.74, 6) is 1.95. The number of hydrogen-bond donors (Lipinski definition) is 2. The van der Waals surface area contributed by atoms with Crippen molar-refractivity contribution in [2.24, 2.45) is 0 Å². The van der Waals surface area contributed by atoms with E-state index in [2.05, 4.69) is 124 Å². The summed E-state index contributed by atoms with van der Waals surface area (Å²) in [6, 6.07) is 19.7. The van der Waals surface area contributed by atoms with Crippen LogP contribution in [-0.4, -0.2) is 36.1 Å². The molecule has 1 aromatic heterocycles. The van der Waals surface area contributed by atoms with Gasteiger partial charge < -0.3 is 44.6 Å². The van der Waals surface area contributed by atoms with Gasteiger partial charge in [0.1, 0.15) is 0 Å². The molecular formula is C34H50Br2CoN4. The number of pyridine rings is 1. The fourth-order valence-corrected chi connectivity index (χ4v) is 5.18. The molecule has 0 unspecified atom stereocenters. The predicted octanol–water partition coefficient (Wildman–Crippen LogP) is 2.61. The van der Waals surface area contributed by atoms with Crippen LogP contribution in [0, 0.1) is 0 Å². The molecule has 229 valence electrons. The summed E-state index contributed by atoms with van der Waals surface area (Å²) in [4.78, 5) is 7.13. The van der Waals surface area contributed by atoms with E-state index >= 15 is 0 Å². The Morgan fingerprint density at radius 2 is 0.976 bits per heavy atom. The van der Waals surface area contributed by atoms with Gasteiger partial charge >= 0.3 is 16.8 Å². The van der Waals surface area contributed by atoms with Gasteiger partial charge in [-0.05, 0) is 58.1 Å². The van der Waals surface area contributed by atoms with Crippen LogP contribution in [0.3, 0.4) is 0 Å². The third-order valence-corrected chi connectivity index (χ3v) is 7.32. The third-order valence-electron chi connectivity index (χ3n) is 7.32. The Hall–Kier alpha value is -1.38. The second kappa shape index (κ2) is 19.7. The number of para-hydroxylation sites is 2. The fraction of sp³-hybridized carbons (Fsp3) is 0.500. The molecule has 0 saturated heterocycles. The average molecular weight is 734 g/mol. The summed E-state index contributed by atoms with van der Waals surface area (Å²) < 4.78 is 0. The second-order valence-corrected chi connectivity index (χ2v) is 11.7. The maximum absolute atomic E-state index is 4.62. The first-order chi connectivity index (χ1) is 18.2. The van der Waals surface area contributed by atoms with Gasteiger partial charge in [0.05, 0.1) is 5.69 Å². The summed E-state index contributed by atoms with van der Waals surface area (Å²) in [6.45, 7) is 22.8. The third kappa shape index (κ3) is 11.7. The minimum absolute atomic E-state index is 0. The van der Waals surface area contributed by atoms with Crippen LogP contribution >= 0.6 is 0 Å². The molecule has 0 bridgehead atoms. The van der Waals surface area contributed by atoms with Crippen molar-refractivity contribution in [2.75, 3.05) is 36.8 Å². The number of aromatic nitrogens is 1. The van der Waals surface area contributed by atoms with Gasteiger partial charge in [-0.1, -0.05) is 97.9 Å². The van der Waals surface area contributed by atoms with Crippen LogP contribution in [0.5, 0.6) is 0 Å². The number of hydrogen-bond acceptors (Lipinski definition) is 4. The Morgan fingerprint density at radius 3 is 1.29 bits per heavy atom. The molecule has 0 aliphatic carbocycles. The molecule has 41 heavy (non-hydrogen) atoms. The molecule has 0 aliphatic rings. The van der Waals surface area contributed by atoms with E-state index in [1.165, 1.54) is 33.6 Å². The van der Waals surface area contributed by atoms with Crippen molar-refractivity contribution in [1.29, 1.82) is 0 Å². The quantitative estimate of drug-likeness (QED) is 0.268. The molecule has 2 N–H and O–H groups in total. The second-order valence-electron chi connectivity index (χ2n) is 11.7. The number of benzene rings is 2. The summed E-state index contributed by atoms with van der Waals surface area (Å²) >= 11 is 0. The Morgan fingerprint density at radius 1 is 0.585 bits per heavy atom. The first kappa shape index (κ1) is 39.6. The Balaban J connectivity index is 0.00000533. The Labute approximate surface area is 281 Å². The molecule has 0 atom stereocenters. The molecule has 2 aromatic carbocycles. The average Bonchev–Trinajstić information content (AvgIpc) is 2.88. The van der Waals surface area contributed by atoms with Crippen molar-refractivity contribution in [1.82, 2.24) is 9.88 Å². The van der Waals surface area contributed by atoms with Gasteiger partial charge in [0.2, 0.25) is 0 Å². The van der Waals surface area contributed by atoms with Gasteiger partial charge in [-0.2, -0.15) is 0 Å². The van der Waals surface area contributed by atoms with Gasteiger partial charge in [-0.3, -0.25) is 9.88 Å². The molecule has 0 spiro atoms. The Kier molecular flexibility index (Phi) is 19.1. The van der Waals surface area contributed by atoms with Crippen molar-refractivity contribution in [2.45, 2.75) is 85.6 Å². The molecule has 0 aliphatic heterocycles. The van der Waals surface area contributed by atoms with Gasteiger partial charge in [0.25, 0.3) is 0 Å². The maximum atomic E-state index is 4.62. The van der Waals surface area contributed by atoms with Crippen molar-refractivity contribution >= 4 is 11.4 Å². The van der Waals surface area contributed by atoms with Gasteiger partial charge in [0.15, 0.2) is 0 Å². The first-order valence-electron chi connectivity index (χ1n) is 14.5. The van der Waals surface area contributed by atoms with Crippen molar-refractivity contribution in [3.63, 3.8) is 0 Å². The molecular weight excluding hydrogens is 683 g/mol. The topological polar surface area (TPSA) is 40.2 Å². The predicted molar refractivity (Wildman–Crippen MR) is 166 cm³/mol.